The number of carbonyl (C=O) groups is 3. The first-order chi connectivity index (χ1) is 16.3. The normalized spacial score (nSPS) is 13.4. The SMILES string of the molecule is CC(C)CNC(=O)C(C)N(Cc1ccccc1F)C(=O)CN1C(=O)c2cccc3cccc1c23. The van der Waals surface area contributed by atoms with Gasteiger partial charge in [-0.2, -0.15) is 0 Å². The first-order valence-corrected chi connectivity index (χ1v) is 11.4. The average molecular weight is 462 g/mol. The molecule has 3 aromatic carbocycles. The Morgan fingerprint density at radius 1 is 1.00 bits per heavy atom. The van der Waals surface area contributed by atoms with E-state index in [1.807, 2.05) is 44.2 Å². The molecule has 4 rings (SSSR count). The molecule has 1 N–H and O–H groups in total. The van der Waals surface area contributed by atoms with E-state index in [1.54, 1.807) is 31.2 Å². The fraction of sp³-hybridized carbons (Fsp3) is 0.296. The van der Waals surface area contributed by atoms with Crippen LogP contribution in [0.4, 0.5) is 10.1 Å². The predicted molar refractivity (Wildman–Crippen MR) is 130 cm³/mol. The molecule has 0 aliphatic carbocycles. The molecule has 1 heterocycles. The van der Waals surface area contributed by atoms with Gasteiger partial charge < -0.3 is 10.2 Å². The van der Waals surface area contributed by atoms with Gasteiger partial charge in [0.05, 0.1) is 5.69 Å². The second kappa shape index (κ2) is 9.63. The van der Waals surface area contributed by atoms with Crippen molar-refractivity contribution in [1.82, 2.24) is 10.2 Å². The number of hydrogen-bond acceptors (Lipinski definition) is 3. The Bertz CT molecular complexity index is 1250. The number of benzene rings is 3. The summed E-state index contributed by atoms with van der Waals surface area (Å²) in [7, 11) is 0. The molecule has 3 amide bonds. The molecule has 3 aromatic rings. The molecule has 0 bridgehead atoms. The van der Waals surface area contributed by atoms with Crippen LogP contribution in [0.25, 0.3) is 10.8 Å². The highest BCUT2D eigenvalue weighted by Gasteiger charge is 2.34. The Morgan fingerprint density at radius 2 is 1.71 bits per heavy atom. The fourth-order valence-corrected chi connectivity index (χ4v) is 4.21. The Labute approximate surface area is 198 Å². The topological polar surface area (TPSA) is 69.7 Å². The van der Waals surface area contributed by atoms with Crippen LogP contribution in [0.3, 0.4) is 0 Å². The molecular formula is C27H28FN3O3. The maximum atomic E-state index is 14.4. The molecule has 0 aromatic heterocycles. The van der Waals surface area contributed by atoms with Crippen molar-refractivity contribution in [2.45, 2.75) is 33.4 Å². The summed E-state index contributed by atoms with van der Waals surface area (Å²) in [4.78, 5) is 42.3. The minimum absolute atomic E-state index is 0.0824. The number of amides is 3. The summed E-state index contributed by atoms with van der Waals surface area (Å²) in [6.45, 7) is 5.71. The van der Waals surface area contributed by atoms with Crippen LogP contribution in [-0.2, 0) is 16.1 Å². The number of rotatable bonds is 8. The minimum Gasteiger partial charge on any atom is -0.354 e. The van der Waals surface area contributed by atoms with E-state index in [2.05, 4.69) is 5.32 Å². The maximum absolute atomic E-state index is 14.4. The fourth-order valence-electron chi connectivity index (χ4n) is 4.21. The van der Waals surface area contributed by atoms with Gasteiger partial charge in [-0.1, -0.05) is 56.3 Å². The molecule has 1 aliphatic rings. The number of nitrogens with one attached hydrogen (secondary N) is 1. The lowest BCUT2D eigenvalue weighted by molar-refractivity contribution is -0.139. The van der Waals surface area contributed by atoms with Gasteiger partial charge in [0.25, 0.3) is 5.91 Å². The molecule has 34 heavy (non-hydrogen) atoms. The summed E-state index contributed by atoms with van der Waals surface area (Å²) in [5.74, 6) is -1.23. The highest BCUT2D eigenvalue weighted by molar-refractivity contribution is 6.26. The van der Waals surface area contributed by atoms with Crippen molar-refractivity contribution in [1.29, 1.82) is 0 Å². The summed E-state index contributed by atoms with van der Waals surface area (Å²) in [5, 5.41) is 4.57. The van der Waals surface area contributed by atoms with Gasteiger partial charge in [-0.05, 0) is 36.4 Å². The van der Waals surface area contributed by atoms with E-state index in [0.29, 0.717) is 23.4 Å². The van der Waals surface area contributed by atoms with Crippen LogP contribution >= 0.6 is 0 Å². The van der Waals surface area contributed by atoms with Gasteiger partial charge in [0.15, 0.2) is 0 Å². The molecule has 0 saturated carbocycles. The van der Waals surface area contributed by atoms with Crippen LogP contribution in [0.5, 0.6) is 0 Å². The van der Waals surface area contributed by atoms with Crippen molar-refractivity contribution in [2.24, 2.45) is 5.92 Å². The van der Waals surface area contributed by atoms with Crippen LogP contribution < -0.4 is 10.2 Å². The molecule has 1 unspecified atom stereocenters. The lowest BCUT2D eigenvalue weighted by atomic mass is 10.1. The lowest BCUT2D eigenvalue weighted by Crippen LogP contribution is -2.51. The third-order valence-corrected chi connectivity index (χ3v) is 6.09. The molecule has 0 saturated heterocycles. The van der Waals surface area contributed by atoms with E-state index in [9.17, 15) is 18.8 Å². The second-order valence-electron chi connectivity index (χ2n) is 9.00. The Kier molecular flexibility index (Phi) is 6.63. The van der Waals surface area contributed by atoms with E-state index < -0.39 is 17.8 Å². The number of nitrogens with zero attached hydrogens (tertiary/aromatic N) is 2. The zero-order valence-electron chi connectivity index (χ0n) is 19.5. The predicted octanol–water partition coefficient (Wildman–Crippen LogP) is 4.13. The van der Waals surface area contributed by atoms with Gasteiger partial charge in [0, 0.05) is 29.6 Å². The van der Waals surface area contributed by atoms with Gasteiger partial charge in [-0.25, -0.2) is 4.39 Å². The van der Waals surface area contributed by atoms with E-state index in [4.69, 9.17) is 0 Å². The zero-order valence-corrected chi connectivity index (χ0v) is 19.5. The third kappa shape index (κ3) is 4.51. The number of carbonyl (C=O) groups excluding carboxylic acids is 3. The summed E-state index contributed by atoms with van der Waals surface area (Å²) >= 11 is 0. The van der Waals surface area contributed by atoms with Crippen molar-refractivity contribution in [3.63, 3.8) is 0 Å². The maximum Gasteiger partial charge on any atom is 0.259 e. The lowest BCUT2D eigenvalue weighted by Gasteiger charge is -2.31. The molecule has 0 spiro atoms. The molecule has 176 valence electrons. The quantitative estimate of drug-likeness (QED) is 0.549. The third-order valence-electron chi connectivity index (χ3n) is 6.09. The molecular weight excluding hydrogens is 433 g/mol. The molecule has 1 aliphatic heterocycles. The number of anilines is 1. The molecule has 0 radical (unpaired) electrons. The number of hydrogen-bond donors (Lipinski definition) is 1. The van der Waals surface area contributed by atoms with Crippen molar-refractivity contribution < 1.29 is 18.8 Å². The average Bonchev–Trinajstić information content (AvgIpc) is 3.09. The molecule has 0 fully saturated rings. The molecule has 7 heteroatoms. The second-order valence-corrected chi connectivity index (χ2v) is 9.00. The van der Waals surface area contributed by atoms with Gasteiger partial charge in [-0.15, -0.1) is 0 Å². The summed E-state index contributed by atoms with van der Waals surface area (Å²) < 4.78 is 14.4. The van der Waals surface area contributed by atoms with Gasteiger partial charge in [-0.3, -0.25) is 19.3 Å². The Balaban J connectivity index is 1.62. The van der Waals surface area contributed by atoms with Crippen molar-refractivity contribution in [2.75, 3.05) is 18.0 Å². The minimum atomic E-state index is -0.846. The van der Waals surface area contributed by atoms with E-state index in [-0.39, 0.29) is 30.8 Å². The Hall–Kier alpha value is -3.74. The van der Waals surface area contributed by atoms with E-state index in [1.165, 1.54) is 15.9 Å². The Morgan fingerprint density at radius 3 is 2.41 bits per heavy atom. The highest BCUT2D eigenvalue weighted by Crippen LogP contribution is 2.37. The molecule has 6 nitrogen and oxygen atoms in total. The van der Waals surface area contributed by atoms with Gasteiger partial charge in [0.1, 0.15) is 18.4 Å². The smallest absolute Gasteiger partial charge is 0.259 e. The van der Waals surface area contributed by atoms with Crippen LogP contribution in [0.15, 0.2) is 60.7 Å². The largest absolute Gasteiger partial charge is 0.354 e. The van der Waals surface area contributed by atoms with Crippen molar-refractivity contribution >= 4 is 34.2 Å². The first-order valence-electron chi connectivity index (χ1n) is 11.4. The monoisotopic (exact) mass is 461 g/mol. The van der Waals surface area contributed by atoms with Crippen molar-refractivity contribution in [3.8, 4) is 0 Å². The summed E-state index contributed by atoms with van der Waals surface area (Å²) in [6.07, 6.45) is 0. The van der Waals surface area contributed by atoms with Crippen LogP contribution in [0.2, 0.25) is 0 Å². The summed E-state index contributed by atoms with van der Waals surface area (Å²) in [6, 6.07) is 16.4. The van der Waals surface area contributed by atoms with E-state index >= 15 is 0 Å². The van der Waals surface area contributed by atoms with Crippen LogP contribution in [0.1, 0.15) is 36.7 Å². The van der Waals surface area contributed by atoms with Gasteiger partial charge >= 0.3 is 0 Å². The van der Waals surface area contributed by atoms with E-state index in [0.717, 1.165) is 10.8 Å². The number of halogens is 1. The van der Waals surface area contributed by atoms with Crippen LogP contribution in [0, 0.1) is 11.7 Å². The first kappa shape index (κ1) is 23.4. The summed E-state index contributed by atoms with van der Waals surface area (Å²) in [5.41, 5.74) is 1.51. The zero-order chi connectivity index (χ0) is 24.4. The van der Waals surface area contributed by atoms with Crippen LogP contribution in [-0.4, -0.2) is 41.8 Å². The highest BCUT2D eigenvalue weighted by atomic mass is 19.1. The van der Waals surface area contributed by atoms with Crippen molar-refractivity contribution in [3.05, 3.63) is 77.6 Å². The standard InChI is InChI=1S/C27H28FN3O3/c1-17(2)14-29-26(33)18(3)30(15-20-8-4-5-12-22(20)28)24(32)16-31-23-13-7-10-19-9-6-11-21(25(19)23)27(31)34/h4-13,17-18H,14-16H2,1-3H3,(H,29,33). The van der Waals surface area contributed by atoms with Gasteiger partial charge in [0.2, 0.25) is 11.8 Å². The molecule has 1 atom stereocenters.